The molecule has 0 aromatic heterocycles. The van der Waals surface area contributed by atoms with Gasteiger partial charge < -0.3 is 14.2 Å². The van der Waals surface area contributed by atoms with Crippen LogP contribution < -0.4 is 4.74 Å². The maximum atomic E-state index is 11.6. The molecule has 0 saturated carbocycles. The highest BCUT2D eigenvalue weighted by atomic mass is 16.6. The minimum Gasteiger partial charge on any atom is -0.482 e. The van der Waals surface area contributed by atoms with Crippen LogP contribution in [0.15, 0.2) is 24.3 Å². The lowest BCUT2D eigenvalue weighted by molar-refractivity contribution is -0.151. The normalized spacial score (nSPS) is 18.6. The van der Waals surface area contributed by atoms with Gasteiger partial charge in [-0.2, -0.15) is 0 Å². The summed E-state index contributed by atoms with van der Waals surface area (Å²) in [5.74, 6) is 0.340. The maximum Gasteiger partial charge on any atom is 0.344 e. The summed E-state index contributed by atoms with van der Waals surface area (Å²) in [5.41, 5.74) is 1.24. The van der Waals surface area contributed by atoms with Crippen molar-refractivity contribution in [2.24, 2.45) is 0 Å². The maximum absolute atomic E-state index is 11.6. The summed E-state index contributed by atoms with van der Waals surface area (Å²) in [5, 5.41) is 0. The monoisotopic (exact) mass is 278 g/mol. The van der Waals surface area contributed by atoms with E-state index in [2.05, 4.69) is 6.92 Å². The van der Waals surface area contributed by atoms with E-state index in [1.54, 1.807) is 0 Å². The molecule has 0 spiro atoms. The second-order valence-electron chi connectivity index (χ2n) is 4.96. The van der Waals surface area contributed by atoms with Gasteiger partial charge in [0.2, 0.25) is 0 Å². The molecule has 110 valence electrons. The summed E-state index contributed by atoms with van der Waals surface area (Å²) in [6.07, 6.45) is 4.25. The predicted molar refractivity (Wildman–Crippen MR) is 75.9 cm³/mol. The fraction of sp³-hybridized carbons (Fsp3) is 0.562. The molecule has 0 radical (unpaired) electrons. The van der Waals surface area contributed by atoms with Gasteiger partial charge in [-0.1, -0.05) is 19.1 Å². The molecule has 1 aliphatic rings. The molecule has 1 atom stereocenters. The van der Waals surface area contributed by atoms with Gasteiger partial charge in [0.25, 0.3) is 0 Å². The van der Waals surface area contributed by atoms with Crippen molar-refractivity contribution < 1.29 is 19.0 Å². The van der Waals surface area contributed by atoms with Crippen LogP contribution in [0.25, 0.3) is 0 Å². The number of aryl methyl sites for hydroxylation is 1. The number of ether oxygens (including phenoxy) is 3. The van der Waals surface area contributed by atoms with E-state index in [0.29, 0.717) is 12.4 Å². The molecular weight excluding hydrogens is 256 g/mol. The average molecular weight is 278 g/mol. The highest BCUT2D eigenvalue weighted by Crippen LogP contribution is 2.14. The molecule has 4 heteroatoms. The summed E-state index contributed by atoms with van der Waals surface area (Å²) in [6, 6.07) is 7.74. The molecule has 20 heavy (non-hydrogen) atoms. The van der Waals surface area contributed by atoms with E-state index in [1.807, 2.05) is 24.3 Å². The van der Waals surface area contributed by atoms with Gasteiger partial charge in [-0.25, -0.2) is 4.79 Å². The Kier molecular flexibility index (Phi) is 5.87. The highest BCUT2D eigenvalue weighted by molar-refractivity contribution is 5.71. The van der Waals surface area contributed by atoms with Gasteiger partial charge in [0.05, 0.1) is 6.10 Å². The van der Waals surface area contributed by atoms with Crippen LogP contribution in [0.1, 0.15) is 31.7 Å². The Labute approximate surface area is 120 Å². The van der Waals surface area contributed by atoms with Crippen molar-refractivity contribution in [3.05, 3.63) is 29.8 Å². The van der Waals surface area contributed by atoms with Crippen LogP contribution in [-0.4, -0.2) is 31.9 Å². The van der Waals surface area contributed by atoms with Crippen LogP contribution in [0.2, 0.25) is 0 Å². The van der Waals surface area contributed by atoms with Crippen LogP contribution in [0.3, 0.4) is 0 Å². The molecule has 4 nitrogen and oxygen atoms in total. The fourth-order valence-electron chi connectivity index (χ4n) is 2.13. The Morgan fingerprint density at radius 2 is 2.10 bits per heavy atom. The fourth-order valence-corrected chi connectivity index (χ4v) is 2.13. The molecule has 1 aliphatic heterocycles. The van der Waals surface area contributed by atoms with Gasteiger partial charge in [-0.05, 0) is 43.4 Å². The number of carbonyl (C=O) groups is 1. The number of hydrogen-bond acceptors (Lipinski definition) is 4. The van der Waals surface area contributed by atoms with Crippen molar-refractivity contribution in [1.29, 1.82) is 0 Å². The first kappa shape index (κ1) is 14.9. The summed E-state index contributed by atoms with van der Waals surface area (Å²) < 4.78 is 16.0. The minimum atomic E-state index is -0.348. The zero-order valence-corrected chi connectivity index (χ0v) is 12.0. The Bertz CT molecular complexity index is 407. The Morgan fingerprint density at radius 3 is 2.75 bits per heavy atom. The van der Waals surface area contributed by atoms with Crippen LogP contribution in [0, 0.1) is 0 Å². The molecule has 1 aromatic rings. The van der Waals surface area contributed by atoms with Gasteiger partial charge in [0, 0.05) is 6.61 Å². The second-order valence-corrected chi connectivity index (χ2v) is 4.96. The Balaban J connectivity index is 1.66. The molecule has 1 heterocycles. The highest BCUT2D eigenvalue weighted by Gasteiger charge is 2.16. The quantitative estimate of drug-likeness (QED) is 0.751. The van der Waals surface area contributed by atoms with Gasteiger partial charge >= 0.3 is 5.97 Å². The number of benzene rings is 1. The van der Waals surface area contributed by atoms with E-state index in [9.17, 15) is 4.79 Å². The first-order valence-corrected chi connectivity index (χ1v) is 7.27. The lowest BCUT2D eigenvalue weighted by Gasteiger charge is -2.22. The van der Waals surface area contributed by atoms with E-state index in [-0.39, 0.29) is 18.7 Å². The van der Waals surface area contributed by atoms with Crippen molar-refractivity contribution in [2.45, 2.75) is 38.7 Å². The molecule has 0 aliphatic carbocycles. The van der Waals surface area contributed by atoms with Crippen molar-refractivity contribution in [3.63, 3.8) is 0 Å². The number of carbonyl (C=O) groups excluding carboxylic acids is 1. The minimum absolute atomic E-state index is 0.0523. The molecular formula is C16H22O4. The Hall–Kier alpha value is -1.55. The van der Waals surface area contributed by atoms with E-state index in [1.165, 1.54) is 5.56 Å². The molecule has 1 unspecified atom stereocenters. The standard InChI is InChI=1S/C16H22O4/c1-2-13-6-8-14(9-7-13)19-12-16(17)20-11-15-5-3-4-10-18-15/h6-9,15H,2-5,10-12H2,1H3. The molecule has 1 aromatic carbocycles. The summed E-state index contributed by atoms with van der Waals surface area (Å²) in [7, 11) is 0. The van der Waals surface area contributed by atoms with Crippen molar-refractivity contribution in [1.82, 2.24) is 0 Å². The third kappa shape index (κ3) is 4.85. The molecule has 1 fully saturated rings. The first-order valence-electron chi connectivity index (χ1n) is 7.27. The lowest BCUT2D eigenvalue weighted by atomic mass is 10.1. The first-order chi connectivity index (χ1) is 9.78. The van der Waals surface area contributed by atoms with Crippen molar-refractivity contribution >= 4 is 5.97 Å². The van der Waals surface area contributed by atoms with Gasteiger partial charge in [0.1, 0.15) is 12.4 Å². The molecule has 1 saturated heterocycles. The van der Waals surface area contributed by atoms with Gasteiger partial charge in [0.15, 0.2) is 6.61 Å². The van der Waals surface area contributed by atoms with E-state index < -0.39 is 0 Å². The van der Waals surface area contributed by atoms with E-state index in [0.717, 1.165) is 32.3 Å². The van der Waals surface area contributed by atoms with Crippen LogP contribution in [-0.2, 0) is 20.7 Å². The number of rotatable bonds is 6. The zero-order chi connectivity index (χ0) is 14.2. The smallest absolute Gasteiger partial charge is 0.344 e. The average Bonchev–Trinajstić information content (AvgIpc) is 2.52. The zero-order valence-electron chi connectivity index (χ0n) is 12.0. The SMILES string of the molecule is CCc1ccc(OCC(=O)OCC2CCCCO2)cc1. The number of hydrogen-bond donors (Lipinski definition) is 0. The molecule has 0 amide bonds. The third-order valence-corrected chi connectivity index (χ3v) is 3.39. The third-order valence-electron chi connectivity index (χ3n) is 3.39. The van der Waals surface area contributed by atoms with Crippen LogP contribution in [0.5, 0.6) is 5.75 Å². The molecule has 2 rings (SSSR count). The van der Waals surface area contributed by atoms with E-state index in [4.69, 9.17) is 14.2 Å². The Morgan fingerprint density at radius 1 is 1.30 bits per heavy atom. The summed E-state index contributed by atoms with van der Waals surface area (Å²) >= 11 is 0. The van der Waals surface area contributed by atoms with Crippen molar-refractivity contribution in [2.75, 3.05) is 19.8 Å². The molecule has 0 bridgehead atoms. The molecule has 0 N–H and O–H groups in total. The summed E-state index contributed by atoms with van der Waals surface area (Å²) in [4.78, 5) is 11.6. The largest absolute Gasteiger partial charge is 0.482 e. The number of esters is 1. The topological polar surface area (TPSA) is 44.8 Å². The van der Waals surface area contributed by atoms with Crippen LogP contribution in [0.4, 0.5) is 0 Å². The lowest BCUT2D eigenvalue weighted by Crippen LogP contribution is -2.27. The predicted octanol–water partition coefficient (Wildman–Crippen LogP) is 2.74. The summed E-state index contributed by atoms with van der Waals surface area (Å²) in [6.45, 7) is 3.14. The van der Waals surface area contributed by atoms with Gasteiger partial charge in [-0.15, -0.1) is 0 Å². The van der Waals surface area contributed by atoms with E-state index >= 15 is 0 Å². The van der Waals surface area contributed by atoms with Crippen LogP contribution >= 0.6 is 0 Å². The van der Waals surface area contributed by atoms with Crippen molar-refractivity contribution in [3.8, 4) is 5.75 Å². The second kappa shape index (κ2) is 7.90. The van der Waals surface area contributed by atoms with Gasteiger partial charge in [-0.3, -0.25) is 0 Å².